The quantitative estimate of drug-likeness (QED) is 0.782. The maximum absolute atomic E-state index is 3.48. The number of benzene rings is 1. The molecule has 1 aliphatic heterocycles. The van der Waals surface area contributed by atoms with Crippen molar-refractivity contribution in [2.45, 2.75) is 10.8 Å². The van der Waals surface area contributed by atoms with Gasteiger partial charge in [0.05, 0.1) is 0 Å². The molecule has 0 aromatic heterocycles. The summed E-state index contributed by atoms with van der Waals surface area (Å²) in [6.07, 6.45) is 0. The van der Waals surface area contributed by atoms with E-state index in [1.807, 2.05) is 11.8 Å². The Morgan fingerprint density at radius 3 is 3.07 bits per heavy atom. The second kappa shape index (κ2) is 5.37. The highest BCUT2D eigenvalue weighted by Gasteiger charge is 2.23. The van der Waals surface area contributed by atoms with Crippen molar-refractivity contribution in [2.75, 3.05) is 31.2 Å². The van der Waals surface area contributed by atoms with Crippen molar-refractivity contribution in [3.63, 3.8) is 0 Å². The summed E-state index contributed by atoms with van der Waals surface area (Å²) in [4.78, 5) is 3.89. The van der Waals surface area contributed by atoms with Crippen molar-refractivity contribution in [1.29, 1.82) is 0 Å². The van der Waals surface area contributed by atoms with Crippen LogP contribution in [0, 0.1) is 0 Å². The summed E-state index contributed by atoms with van der Waals surface area (Å²) < 4.78 is 0. The Labute approximate surface area is 104 Å². The fraction of sp³-hybridized carbons (Fsp3) is 0.500. The Balaban J connectivity index is 2.01. The Bertz CT molecular complexity index is 329. The highest BCUT2D eigenvalue weighted by atomic mass is 79.9. The molecular weight excluding hydrogens is 270 g/mol. The highest BCUT2D eigenvalue weighted by molar-refractivity contribution is 9.09. The van der Waals surface area contributed by atoms with Gasteiger partial charge in [0.1, 0.15) is 0 Å². The van der Waals surface area contributed by atoms with E-state index in [4.69, 9.17) is 0 Å². The van der Waals surface area contributed by atoms with Gasteiger partial charge >= 0.3 is 0 Å². The smallest absolute Gasteiger partial charge is 0.0159 e. The Morgan fingerprint density at radius 1 is 1.47 bits per heavy atom. The maximum atomic E-state index is 3.48. The van der Waals surface area contributed by atoms with Crippen molar-refractivity contribution in [3.8, 4) is 0 Å². The van der Waals surface area contributed by atoms with Gasteiger partial charge in [-0.05, 0) is 18.7 Å². The van der Waals surface area contributed by atoms with Crippen molar-refractivity contribution >= 4 is 27.7 Å². The fourth-order valence-electron chi connectivity index (χ4n) is 1.99. The summed E-state index contributed by atoms with van der Waals surface area (Å²) in [6, 6.07) is 8.81. The minimum atomic E-state index is 0.718. The van der Waals surface area contributed by atoms with Gasteiger partial charge in [0.25, 0.3) is 0 Å². The zero-order valence-corrected chi connectivity index (χ0v) is 11.4. The number of hydrogen-bond acceptors (Lipinski definition) is 2. The van der Waals surface area contributed by atoms with Gasteiger partial charge in [0, 0.05) is 35.0 Å². The van der Waals surface area contributed by atoms with Crippen LogP contribution in [0.15, 0.2) is 29.2 Å². The third kappa shape index (κ3) is 2.77. The van der Waals surface area contributed by atoms with Crippen LogP contribution in [0.4, 0.5) is 0 Å². The van der Waals surface area contributed by atoms with Crippen LogP contribution in [0.3, 0.4) is 0 Å². The van der Waals surface area contributed by atoms with E-state index in [0.29, 0.717) is 0 Å². The summed E-state index contributed by atoms with van der Waals surface area (Å²) in [6.45, 7) is 2.30. The third-order valence-electron chi connectivity index (χ3n) is 2.80. The van der Waals surface area contributed by atoms with Gasteiger partial charge in [0.15, 0.2) is 0 Å². The molecule has 0 bridgehead atoms. The molecule has 3 heteroatoms. The zero-order chi connectivity index (χ0) is 10.7. The average molecular weight is 286 g/mol. The first-order valence-electron chi connectivity index (χ1n) is 5.27. The number of alkyl halides is 1. The number of likely N-dealkylation sites (N-methyl/N-ethyl adjacent to an activating group) is 1. The molecule has 15 heavy (non-hydrogen) atoms. The van der Waals surface area contributed by atoms with Crippen molar-refractivity contribution in [1.82, 2.24) is 4.90 Å². The molecule has 0 fully saturated rings. The summed E-state index contributed by atoms with van der Waals surface area (Å²) in [7, 11) is 2.20. The van der Waals surface area contributed by atoms with Crippen molar-refractivity contribution in [2.24, 2.45) is 0 Å². The molecule has 0 N–H and O–H groups in total. The first kappa shape index (κ1) is 11.5. The first-order valence-corrected chi connectivity index (χ1v) is 7.38. The molecule has 0 radical (unpaired) electrons. The molecule has 0 saturated carbocycles. The predicted molar refractivity (Wildman–Crippen MR) is 71.2 cm³/mol. The number of halogens is 1. The van der Waals surface area contributed by atoms with E-state index in [-0.39, 0.29) is 0 Å². The fourth-order valence-corrected chi connectivity index (χ4v) is 3.84. The lowest BCUT2D eigenvalue weighted by Crippen LogP contribution is -2.26. The number of thioether (sulfide) groups is 1. The summed E-state index contributed by atoms with van der Waals surface area (Å²) in [5.41, 5.74) is 1.55. The van der Waals surface area contributed by atoms with Crippen LogP contribution < -0.4 is 0 Å². The van der Waals surface area contributed by atoms with Gasteiger partial charge in [0.2, 0.25) is 0 Å². The molecule has 82 valence electrons. The lowest BCUT2D eigenvalue weighted by molar-refractivity contribution is 0.339. The zero-order valence-electron chi connectivity index (χ0n) is 8.95. The Morgan fingerprint density at radius 2 is 2.27 bits per heavy atom. The standard InChI is InChI=1S/C12H16BrNS/c1-14(7-6-13)8-10-9-15-12-5-3-2-4-11(10)12/h2-5,10H,6-9H2,1H3. The number of rotatable bonds is 4. The van der Waals surface area contributed by atoms with E-state index in [2.05, 4.69) is 52.1 Å². The molecule has 0 saturated heterocycles. The Hall–Kier alpha value is 0.0100. The lowest BCUT2D eigenvalue weighted by atomic mass is 10.0. The molecule has 0 spiro atoms. The van der Waals surface area contributed by atoms with Gasteiger partial charge in [-0.1, -0.05) is 34.1 Å². The first-order chi connectivity index (χ1) is 7.31. The molecule has 1 heterocycles. The highest BCUT2D eigenvalue weighted by Crippen LogP contribution is 2.39. The minimum absolute atomic E-state index is 0.718. The maximum Gasteiger partial charge on any atom is 0.0159 e. The molecule has 1 aromatic rings. The van der Waals surface area contributed by atoms with Crippen molar-refractivity contribution < 1.29 is 0 Å². The van der Waals surface area contributed by atoms with Crippen molar-refractivity contribution in [3.05, 3.63) is 29.8 Å². The summed E-state index contributed by atoms with van der Waals surface area (Å²) in [5.74, 6) is 1.96. The van der Waals surface area contributed by atoms with E-state index in [1.54, 1.807) is 5.56 Å². The van der Waals surface area contributed by atoms with E-state index < -0.39 is 0 Å². The van der Waals surface area contributed by atoms with Gasteiger partial charge in [-0.15, -0.1) is 11.8 Å². The molecule has 1 aromatic carbocycles. The van der Waals surface area contributed by atoms with E-state index in [1.165, 1.54) is 17.2 Å². The average Bonchev–Trinajstić information content (AvgIpc) is 2.62. The van der Waals surface area contributed by atoms with Crippen LogP contribution in [-0.2, 0) is 0 Å². The van der Waals surface area contributed by atoms with Gasteiger partial charge in [-0.25, -0.2) is 0 Å². The van der Waals surface area contributed by atoms with Crippen LogP contribution in [0.5, 0.6) is 0 Å². The third-order valence-corrected chi connectivity index (χ3v) is 4.40. The topological polar surface area (TPSA) is 3.24 Å². The molecule has 1 unspecified atom stereocenters. The number of hydrogen-bond donors (Lipinski definition) is 0. The number of nitrogens with zero attached hydrogens (tertiary/aromatic N) is 1. The normalized spacial score (nSPS) is 19.5. The van der Waals surface area contributed by atoms with E-state index >= 15 is 0 Å². The molecule has 1 nitrogen and oxygen atoms in total. The SMILES string of the molecule is CN(CCBr)CC1CSc2ccccc21. The van der Waals surface area contributed by atoms with Crippen LogP contribution in [0.2, 0.25) is 0 Å². The molecule has 0 amide bonds. The van der Waals surface area contributed by atoms with Crippen LogP contribution >= 0.6 is 27.7 Å². The van der Waals surface area contributed by atoms with Crippen LogP contribution in [0.25, 0.3) is 0 Å². The number of fused-ring (bicyclic) bond motifs is 1. The monoisotopic (exact) mass is 285 g/mol. The van der Waals surface area contributed by atoms with Gasteiger partial charge in [-0.3, -0.25) is 0 Å². The van der Waals surface area contributed by atoms with Gasteiger partial charge < -0.3 is 4.90 Å². The predicted octanol–water partition coefficient (Wildman–Crippen LogP) is 3.20. The molecule has 1 atom stereocenters. The van der Waals surface area contributed by atoms with E-state index in [0.717, 1.165) is 17.8 Å². The largest absolute Gasteiger partial charge is 0.305 e. The molecule has 0 aliphatic carbocycles. The summed E-state index contributed by atoms with van der Waals surface area (Å²) >= 11 is 5.48. The molecule has 2 rings (SSSR count). The van der Waals surface area contributed by atoms with E-state index in [9.17, 15) is 0 Å². The lowest BCUT2D eigenvalue weighted by Gasteiger charge is -2.20. The Kier molecular flexibility index (Phi) is 4.12. The van der Waals surface area contributed by atoms with Crippen LogP contribution in [-0.4, -0.2) is 36.1 Å². The molecule has 1 aliphatic rings. The second-order valence-corrected chi connectivity index (χ2v) is 5.85. The van der Waals surface area contributed by atoms with Gasteiger partial charge in [-0.2, -0.15) is 0 Å². The minimum Gasteiger partial charge on any atom is -0.305 e. The van der Waals surface area contributed by atoms with Crippen LogP contribution in [0.1, 0.15) is 11.5 Å². The summed E-state index contributed by atoms with van der Waals surface area (Å²) in [5, 5.41) is 1.06. The second-order valence-electron chi connectivity index (χ2n) is 4.00. The molecular formula is C12H16BrNS.